The molecule has 2 aromatic rings. The molecule has 0 spiro atoms. The highest BCUT2D eigenvalue weighted by Gasteiger charge is 2.23. The van der Waals surface area contributed by atoms with Crippen molar-refractivity contribution in [2.24, 2.45) is 0 Å². The monoisotopic (exact) mass is 346 g/mol. The summed E-state index contributed by atoms with van der Waals surface area (Å²) in [5, 5.41) is 0.941. The van der Waals surface area contributed by atoms with Crippen LogP contribution in [0.1, 0.15) is 52.0 Å². The maximum absolute atomic E-state index is 12.3. The highest BCUT2D eigenvalue weighted by Crippen LogP contribution is 2.34. The topological polar surface area (TPSA) is 51.0 Å². The Kier molecular flexibility index (Phi) is 5.76. The Morgan fingerprint density at radius 3 is 2.75 bits per heavy atom. The summed E-state index contributed by atoms with van der Waals surface area (Å²) in [6, 6.07) is 4.40. The molecule has 24 heavy (non-hydrogen) atoms. The normalized spacial score (nSPS) is 15.8. The Morgan fingerprint density at radius 2 is 2.04 bits per heavy atom. The number of hydrogen-bond donors (Lipinski definition) is 0. The molecule has 1 saturated carbocycles. The minimum atomic E-state index is 0.181. The third kappa shape index (κ3) is 3.58. The quantitative estimate of drug-likeness (QED) is 0.745. The van der Waals surface area contributed by atoms with Gasteiger partial charge in [0.05, 0.1) is 5.75 Å². The molecule has 0 N–H and O–H groups in total. The Morgan fingerprint density at radius 1 is 1.29 bits per heavy atom. The average molecular weight is 347 g/mol. The Labute approximate surface area is 147 Å². The van der Waals surface area contributed by atoms with E-state index in [2.05, 4.69) is 9.55 Å². The molecule has 2 aromatic heterocycles. The molecule has 0 radical (unpaired) electrons. The van der Waals surface area contributed by atoms with Crippen molar-refractivity contribution >= 4 is 28.8 Å². The van der Waals surface area contributed by atoms with Crippen molar-refractivity contribution in [3.8, 4) is 0 Å². The molecule has 1 aliphatic rings. The number of pyridine rings is 1. The molecule has 6 heteroatoms. The van der Waals surface area contributed by atoms with E-state index in [1.165, 1.54) is 32.1 Å². The fourth-order valence-electron chi connectivity index (χ4n) is 3.47. The third-order valence-corrected chi connectivity index (χ3v) is 5.73. The molecule has 0 bridgehead atoms. The number of hydrogen-bond acceptors (Lipinski definition) is 4. The van der Waals surface area contributed by atoms with E-state index in [4.69, 9.17) is 4.98 Å². The lowest BCUT2D eigenvalue weighted by Crippen LogP contribution is -2.32. The highest BCUT2D eigenvalue weighted by atomic mass is 32.2. The van der Waals surface area contributed by atoms with Gasteiger partial charge in [-0.15, -0.1) is 0 Å². The standard InChI is InChI=1S/C18H26N4OS/c1-3-21(4-2)16(23)13-24-18-20-15-11-8-12-19-17(15)22(18)14-9-6-5-7-10-14/h8,11-12,14H,3-7,9-10,13H2,1-2H3. The van der Waals surface area contributed by atoms with E-state index in [0.717, 1.165) is 29.4 Å². The Hall–Kier alpha value is -1.56. The summed E-state index contributed by atoms with van der Waals surface area (Å²) in [5.74, 6) is 0.623. The van der Waals surface area contributed by atoms with Crippen molar-refractivity contribution in [1.82, 2.24) is 19.4 Å². The molecular weight excluding hydrogens is 320 g/mol. The van der Waals surface area contributed by atoms with Crippen LogP contribution < -0.4 is 0 Å². The van der Waals surface area contributed by atoms with Crippen LogP contribution in [0, 0.1) is 0 Å². The summed E-state index contributed by atoms with van der Waals surface area (Å²) in [6.07, 6.45) is 8.04. The summed E-state index contributed by atoms with van der Waals surface area (Å²) in [7, 11) is 0. The van der Waals surface area contributed by atoms with Gasteiger partial charge in [-0.05, 0) is 38.8 Å². The molecular formula is C18H26N4OS. The van der Waals surface area contributed by atoms with E-state index in [0.29, 0.717) is 11.8 Å². The average Bonchev–Trinajstić information content (AvgIpc) is 3.00. The second-order valence-electron chi connectivity index (χ2n) is 6.26. The summed E-state index contributed by atoms with van der Waals surface area (Å²) in [4.78, 5) is 23.5. The summed E-state index contributed by atoms with van der Waals surface area (Å²) >= 11 is 1.55. The second-order valence-corrected chi connectivity index (χ2v) is 7.20. The van der Waals surface area contributed by atoms with Crippen LogP contribution in [-0.4, -0.2) is 44.2 Å². The molecule has 130 valence electrons. The number of imidazole rings is 1. The lowest BCUT2D eigenvalue weighted by molar-refractivity contribution is -0.127. The molecule has 0 saturated heterocycles. The van der Waals surface area contributed by atoms with Crippen molar-refractivity contribution in [3.05, 3.63) is 18.3 Å². The number of aromatic nitrogens is 3. The van der Waals surface area contributed by atoms with Crippen molar-refractivity contribution in [1.29, 1.82) is 0 Å². The number of carbonyl (C=O) groups is 1. The van der Waals surface area contributed by atoms with Crippen molar-refractivity contribution < 1.29 is 4.79 Å². The van der Waals surface area contributed by atoms with Crippen LogP contribution in [0.4, 0.5) is 0 Å². The zero-order valence-electron chi connectivity index (χ0n) is 14.6. The van der Waals surface area contributed by atoms with Crippen LogP contribution >= 0.6 is 11.8 Å². The lowest BCUT2D eigenvalue weighted by atomic mass is 9.95. The Bertz CT molecular complexity index is 689. The zero-order valence-corrected chi connectivity index (χ0v) is 15.4. The third-order valence-electron chi connectivity index (χ3n) is 4.80. The van der Waals surface area contributed by atoms with E-state index in [-0.39, 0.29) is 5.91 Å². The smallest absolute Gasteiger partial charge is 0.233 e. The van der Waals surface area contributed by atoms with Gasteiger partial charge in [0.2, 0.25) is 5.91 Å². The number of nitrogens with zero attached hydrogens (tertiary/aromatic N) is 4. The minimum absolute atomic E-state index is 0.181. The first-order chi connectivity index (χ1) is 11.7. The first kappa shape index (κ1) is 17.3. The fraction of sp³-hybridized carbons (Fsp3) is 0.611. The molecule has 1 fully saturated rings. The minimum Gasteiger partial charge on any atom is -0.343 e. The molecule has 0 atom stereocenters. The van der Waals surface area contributed by atoms with Gasteiger partial charge in [-0.25, -0.2) is 9.97 Å². The predicted octanol–water partition coefficient (Wildman–Crippen LogP) is 3.90. The number of carbonyl (C=O) groups excluding carboxylic acids is 1. The van der Waals surface area contributed by atoms with Crippen LogP contribution in [0.5, 0.6) is 0 Å². The van der Waals surface area contributed by atoms with Gasteiger partial charge in [0.25, 0.3) is 0 Å². The summed E-state index contributed by atoms with van der Waals surface area (Å²) < 4.78 is 2.29. The number of amides is 1. The molecule has 5 nitrogen and oxygen atoms in total. The summed E-state index contributed by atoms with van der Waals surface area (Å²) in [5.41, 5.74) is 1.89. The fourth-order valence-corrected chi connectivity index (χ4v) is 4.45. The maximum atomic E-state index is 12.3. The van der Waals surface area contributed by atoms with E-state index >= 15 is 0 Å². The van der Waals surface area contributed by atoms with E-state index in [1.54, 1.807) is 11.8 Å². The molecule has 1 amide bonds. The molecule has 0 unspecified atom stereocenters. The van der Waals surface area contributed by atoms with E-state index in [9.17, 15) is 4.79 Å². The number of thioether (sulfide) groups is 1. The molecule has 2 heterocycles. The van der Waals surface area contributed by atoms with Crippen LogP contribution in [0.15, 0.2) is 23.5 Å². The van der Waals surface area contributed by atoms with Gasteiger partial charge >= 0.3 is 0 Å². The maximum Gasteiger partial charge on any atom is 0.233 e. The van der Waals surface area contributed by atoms with Crippen molar-refractivity contribution in [2.75, 3.05) is 18.8 Å². The first-order valence-electron chi connectivity index (χ1n) is 8.98. The number of rotatable bonds is 6. The zero-order chi connectivity index (χ0) is 16.9. The van der Waals surface area contributed by atoms with Gasteiger partial charge < -0.3 is 9.47 Å². The van der Waals surface area contributed by atoms with Gasteiger partial charge in [0.15, 0.2) is 10.8 Å². The van der Waals surface area contributed by atoms with Crippen molar-refractivity contribution in [3.63, 3.8) is 0 Å². The SMILES string of the molecule is CCN(CC)C(=O)CSc1nc2cccnc2n1C1CCCCC1. The molecule has 1 aliphatic carbocycles. The van der Waals surface area contributed by atoms with Crippen LogP contribution in [0.25, 0.3) is 11.2 Å². The molecule has 0 aromatic carbocycles. The van der Waals surface area contributed by atoms with E-state index in [1.807, 2.05) is 37.1 Å². The van der Waals surface area contributed by atoms with Crippen molar-refractivity contribution in [2.45, 2.75) is 57.1 Å². The molecule has 0 aliphatic heterocycles. The van der Waals surface area contributed by atoms with Gasteiger partial charge in [-0.2, -0.15) is 0 Å². The summed E-state index contributed by atoms with van der Waals surface area (Å²) in [6.45, 7) is 5.56. The van der Waals surface area contributed by atoms with Crippen LogP contribution in [0.2, 0.25) is 0 Å². The number of fused-ring (bicyclic) bond motifs is 1. The Balaban J connectivity index is 1.85. The predicted molar refractivity (Wildman–Crippen MR) is 98.3 cm³/mol. The van der Waals surface area contributed by atoms with Gasteiger partial charge in [0, 0.05) is 25.3 Å². The molecule has 3 rings (SSSR count). The second kappa shape index (κ2) is 8.01. The lowest BCUT2D eigenvalue weighted by Gasteiger charge is -2.25. The first-order valence-corrected chi connectivity index (χ1v) is 9.96. The largest absolute Gasteiger partial charge is 0.343 e. The van der Waals surface area contributed by atoms with Crippen LogP contribution in [-0.2, 0) is 4.79 Å². The van der Waals surface area contributed by atoms with Gasteiger partial charge in [-0.1, -0.05) is 31.0 Å². The van der Waals surface area contributed by atoms with Crippen LogP contribution in [0.3, 0.4) is 0 Å². The van der Waals surface area contributed by atoms with E-state index < -0.39 is 0 Å². The van der Waals surface area contributed by atoms with Gasteiger partial charge in [0.1, 0.15) is 5.52 Å². The van der Waals surface area contributed by atoms with Gasteiger partial charge in [-0.3, -0.25) is 4.79 Å². The highest BCUT2D eigenvalue weighted by molar-refractivity contribution is 7.99.